The molecule has 1 N–H and O–H groups in total. The third-order valence-corrected chi connectivity index (χ3v) is 8.09. The molecule has 1 aromatic carbocycles. The Morgan fingerprint density at radius 2 is 1.59 bits per heavy atom. The van der Waals surface area contributed by atoms with Crippen LogP contribution in [0.4, 0.5) is 5.69 Å². The molecule has 3 heterocycles. The number of nitrogens with one attached hydrogen (secondary N) is 1. The van der Waals surface area contributed by atoms with Crippen LogP contribution >= 0.6 is 0 Å². The summed E-state index contributed by atoms with van der Waals surface area (Å²) in [6.07, 6.45) is 7.31. The molecule has 2 aliphatic heterocycles. The molecule has 2 aliphatic rings. The summed E-state index contributed by atoms with van der Waals surface area (Å²) in [5.74, 6) is 0.678. The van der Waals surface area contributed by atoms with Crippen LogP contribution in [0.2, 0.25) is 0 Å². The van der Waals surface area contributed by atoms with Crippen LogP contribution in [0.25, 0.3) is 0 Å². The van der Waals surface area contributed by atoms with E-state index in [0.717, 1.165) is 44.5 Å². The van der Waals surface area contributed by atoms with Crippen LogP contribution in [-0.4, -0.2) is 66.8 Å². The van der Waals surface area contributed by atoms with Gasteiger partial charge in [0.25, 0.3) is 0 Å². The van der Waals surface area contributed by atoms with Gasteiger partial charge in [0.05, 0.1) is 4.90 Å². The van der Waals surface area contributed by atoms with E-state index in [9.17, 15) is 13.2 Å². The number of hydrogen-bond donors (Lipinski definition) is 1. The molecule has 0 spiro atoms. The predicted octanol–water partition coefficient (Wildman–Crippen LogP) is 2.74. The third kappa shape index (κ3) is 5.46. The van der Waals surface area contributed by atoms with E-state index in [1.165, 1.54) is 6.92 Å². The minimum absolute atomic E-state index is 0.185. The van der Waals surface area contributed by atoms with Crippen molar-refractivity contribution in [3.63, 3.8) is 0 Å². The van der Waals surface area contributed by atoms with E-state index in [1.807, 2.05) is 12.1 Å². The highest BCUT2D eigenvalue weighted by atomic mass is 32.2. The number of ether oxygens (including phenoxy) is 1. The lowest BCUT2D eigenvalue weighted by Crippen LogP contribution is -2.50. The molecule has 4 rings (SSSR count). The van der Waals surface area contributed by atoms with Gasteiger partial charge in [0.1, 0.15) is 11.9 Å². The summed E-state index contributed by atoms with van der Waals surface area (Å²) in [6, 6.07) is 10.5. The van der Waals surface area contributed by atoms with E-state index >= 15 is 0 Å². The maximum absolute atomic E-state index is 13.0. The van der Waals surface area contributed by atoms with Gasteiger partial charge >= 0.3 is 0 Å². The number of amides is 1. The number of carbonyl (C=O) groups excluding carboxylic acids is 1. The van der Waals surface area contributed by atoms with Crippen LogP contribution < -0.4 is 10.1 Å². The van der Waals surface area contributed by atoms with Crippen molar-refractivity contribution in [3.05, 3.63) is 48.8 Å². The lowest BCUT2D eigenvalue weighted by molar-refractivity contribution is -0.114. The molecule has 0 unspecified atom stereocenters. The Bertz CT molecular complexity index is 998. The molecule has 0 bridgehead atoms. The van der Waals surface area contributed by atoms with Crippen molar-refractivity contribution in [2.75, 3.05) is 31.5 Å². The number of pyridine rings is 1. The Labute approximate surface area is 189 Å². The van der Waals surface area contributed by atoms with Gasteiger partial charge in [-0.1, -0.05) is 0 Å². The van der Waals surface area contributed by atoms with Crippen LogP contribution in [-0.2, 0) is 14.8 Å². The van der Waals surface area contributed by atoms with Gasteiger partial charge in [-0.05, 0) is 62.1 Å². The zero-order chi connectivity index (χ0) is 22.6. The zero-order valence-corrected chi connectivity index (χ0v) is 19.1. The second-order valence-corrected chi connectivity index (χ2v) is 10.3. The normalized spacial score (nSPS) is 19.5. The minimum Gasteiger partial charge on any atom is -0.490 e. The van der Waals surface area contributed by atoms with E-state index in [1.54, 1.807) is 41.0 Å². The Kier molecular flexibility index (Phi) is 7.07. The van der Waals surface area contributed by atoms with Crippen LogP contribution in [0.5, 0.6) is 5.75 Å². The molecule has 0 radical (unpaired) electrons. The number of sulfonamides is 1. The number of likely N-dealkylation sites (tertiary alicyclic amines) is 1. The molecule has 2 saturated heterocycles. The molecule has 9 heteroatoms. The highest BCUT2D eigenvalue weighted by Crippen LogP contribution is 2.27. The van der Waals surface area contributed by atoms with E-state index < -0.39 is 10.0 Å². The molecule has 2 fully saturated rings. The molecular formula is C23H30N4O4S. The number of rotatable bonds is 6. The van der Waals surface area contributed by atoms with Crippen molar-refractivity contribution in [2.24, 2.45) is 0 Å². The lowest BCUT2D eigenvalue weighted by atomic mass is 10.00. The Balaban J connectivity index is 1.27. The summed E-state index contributed by atoms with van der Waals surface area (Å²) >= 11 is 0. The summed E-state index contributed by atoms with van der Waals surface area (Å²) in [7, 11) is -3.53. The molecule has 32 heavy (non-hydrogen) atoms. The van der Waals surface area contributed by atoms with E-state index in [-0.39, 0.29) is 16.9 Å². The van der Waals surface area contributed by atoms with Gasteiger partial charge in [-0.15, -0.1) is 0 Å². The van der Waals surface area contributed by atoms with Crippen LogP contribution in [0, 0.1) is 0 Å². The van der Waals surface area contributed by atoms with Gasteiger partial charge in [-0.3, -0.25) is 9.78 Å². The van der Waals surface area contributed by atoms with Crippen molar-refractivity contribution >= 4 is 21.6 Å². The fourth-order valence-electron chi connectivity index (χ4n) is 4.48. The second-order valence-electron chi connectivity index (χ2n) is 8.38. The minimum atomic E-state index is -3.53. The smallest absolute Gasteiger partial charge is 0.243 e. The quantitative estimate of drug-likeness (QED) is 0.716. The summed E-state index contributed by atoms with van der Waals surface area (Å²) in [5, 5.41) is 2.66. The average Bonchev–Trinajstić information content (AvgIpc) is 2.80. The Morgan fingerprint density at radius 1 is 0.969 bits per heavy atom. The van der Waals surface area contributed by atoms with Crippen LogP contribution in [0.1, 0.15) is 32.6 Å². The molecule has 2 aromatic rings. The van der Waals surface area contributed by atoms with E-state index in [0.29, 0.717) is 24.8 Å². The van der Waals surface area contributed by atoms with Crippen LogP contribution in [0.15, 0.2) is 53.7 Å². The standard InChI is InChI=1S/C23H30N4O4S/c1-18(28)25-19-2-4-23(5-3-19)32(29,30)27-16-8-20(9-17-27)26-14-10-22(11-15-26)31-21-6-12-24-13-7-21/h2-7,12-13,20,22H,8-11,14-17H2,1H3,(H,25,28). The van der Waals surface area contributed by atoms with Gasteiger partial charge in [-0.2, -0.15) is 4.31 Å². The molecule has 0 aliphatic carbocycles. The first kappa shape index (κ1) is 22.7. The van der Waals surface area contributed by atoms with Gasteiger partial charge in [0.2, 0.25) is 15.9 Å². The van der Waals surface area contributed by atoms with Crippen molar-refractivity contribution in [1.29, 1.82) is 0 Å². The highest BCUT2D eigenvalue weighted by Gasteiger charge is 2.33. The number of aromatic nitrogens is 1. The maximum atomic E-state index is 13.0. The van der Waals surface area contributed by atoms with Crippen molar-refractivity contribution in [1.82, 2.24) is 14.2 Å². The van der Waals surface area contributed by atoms with E-state index in [4.69, 9.17) is 4.74 Å². The lowest BCUT2D eigenvalue weighted by Gasteiger charge is -2.41. The maximum Gasteiger partial charge on any atom is 0.243 e. The molecule has 1 aromatic heterocycles. The SMILES string of the molecule is CC(=O)Nc1ccc(S(=O)(=O)N2CCC(N3CCC(Oc4ccncc4)CC3)CC2)cc1. The van der Waals surface area contributed by atoms with Gasteiger partial charge in [-0.25, -0.2) is 8.42 Å². The third-order valence-electron chi connectivity index (χ3n) is 6.18. The van der Waals surface area contributed by atoms with E-state index in [2.05, 4.69) is 15.2 Å². The molecule has 0 atom stereocenters. The topological polar surface area (TPSA) is 91.8 Å². The molecule has 172 valence electrons. The first-order chi connectivity index (χ1) is 15.4. The largest absolute Gasteiger partial charge is 0.490 e. The van der Waals surface area contributed by atoms with Crippen LogP contribution in [0.3, 0.4) is 0 Å². The number of nitrogens with zero attached hydrogens (tertiary/aromatic N) is 3. The highest BCUT2D eigenvalue weighted by molar-refractivity contribution is 7.89. The number of piperidine rings is 2. The first-order valence-corrected chi connectivity index (χ1v) is 12.5. The van der Waals surface area contributed by atoms with Gasteiger partial charge in [0.15, 0.2) is 0 Å². The molecule has 1 amide bonds. The summed E-state index contributed by atoms with van der Waals surface area (Å²) in [4.78, 5) is 17.9. The van der Waals surface area contributed by atoms with Crippen molar-refractivity contribution < 1.29 is 17.9 Å². The van der Waals surface area contributed by atoms with Crippen molar-refractivity contribution in [2.45, 2.75) is 49.6 Å². The number of hydrogen-bond acceptors (Lipinski definition) is 6. The fourth-order valence-corrected chi connectivity index (χ4v) is 5.95. The summed E-state index contributed by atoms with van der Waals surface area (Å²) in [6.45, 7) is 4.41. The first-order valence-electron chi connectivity index (χ1n) is 11.1. The number of anilines is 1. The van der Waals surface area contributed by atoms with Crippen molar-refractivity contribution in [3.8, 4) is 5.75 Å². The van der Waals surface area contributed by atoms with Gasteiger partial charge in [0, 0.05) is 57.2 Å². The predicted molar refractivity (Wildman–Crippen MR) is 122 cm³/mol. The number of benzene rings is 1. The average molecular weight is 459 g/mol. The Hall–Kier alpha value is -2.49. The summed E-state index contributed by atoms with van der Waals surface area (Å²) in [5.41, 5.74) is 0.589. The second kappa shape index (κ2) is 9.97. The van der Waals surface area contributed by atoms with Gasteiger partial charge < -0.3 is 15.0 Å². The summed E-state index contributed by atoms with van der Waals surface area (Å²) < 4.78 is 33.7. The number of carbonyl (C=O) groups is 1. The fraction of sp³-hybridized carbons (Fsp3) is 0.478. The zero-order valence-electron chi connectivity index (χ0n) is 18.3. The Morgan fingerprint density at radius 3 is 2.19 bits per heavy atom. The monoisotopic (exact) mass is 458 g/mol. The molecular weight excluding hydrogens is 428 g/mol. The molecule has 0 saturated carbocycles. The molecule has 8 nitrogen and oxygen atoms in total.